The third kappa shape index (κ3) is 7.39. The van der Waals surface area contributed by atoms with Crippen LogP contribution in [-0.4, -0.2) is 0 Å². The van der Waals surface area contributed by atoms with Crippen LogP contribution in [0.3, 0.4) is 0 Å². The predicted octanol–water partition coefficient (Wildman–Crippen LogP) is 21.6. The van der Waals surface area contributed by atoms with Crippen molar-refractivity contribution in [3.05, 3.63) is 228 Å². The van der Waals surface area contributed by atoms with Crippen LogP contribution in [0.25, 0.3) is 97.1 Å². The highest BCUT2D eigenvalue weighted by Crippen LogP contribution is 2.50. The first-order valence-corrected chi connectivity index (χ1v) is 27.1. The second-order valence-corrected chi connectivity index (χ2v) is 22.3. The van der Waals surface area contributed by atoms with Crippen LogP contribution in [0.1, 0.15) is 49.3 Å². The van der Waals surface area contributed by atoms with Crippen molar-refractivity contribution in [2.24, 2.45) is 0 Å². The Labute approximate surface area is 437 Å². The number of para-hydroxylation sites is 2. The van der Waals surface area contributed by atoms with Gasteiger partial charge in [0.25, 0.3) is 0 Å². The highest BCUT2D eigenvalue weighted by Gasteiger charge is 2.25. The van der Waals surface area contributed by atoms with Gasteiger partial charge in [-0.15, -0.1) is 22.7 Å². The fourth-order valence-corrected chi connectivity index (χ4v) is 13.2. The van der Waals surface area contributed by atoms with Gasteiger partial charge in [-0.05, 0) is 143 Å². The van der Waals surface area contributed by atoms with Crippen molar-refractivity contribution in [2.45, 2.75) is 39.5 Å². The Kier molecular flexibility index (Phi) is 10.6. The molecule has 4 aromatic heterocycles. The fraction of sp³-hybridized carbons (Fsp3) is 0.0882. The van der Waals surface area contributed by atoms with E-state index in [1.54, 1.807) is 0 Å². The second-order valence-electron chi connectivity index (χ2n) is 20.0. The van der Waals surface area contributed by atoms with Crippen LogP contribution in [-0.2, 0) is 0 Å². The van der Waals surface area contributed by atoms with Crippen LogP contribution in [0.2, 0.25) is 0 Å². The zero-order valence-corrected chi connectivity index (χ0v) is 43.1. The molecule has 0 saturated carbocycles. The van der Waals surface area contributed by atoms with Crippen LogP contribution in [0, 0.1) is 0 Å². The van der Waals surface area contributed by atoms with Crippen molar-refractivity contribution in [3.8, 4) is 22.3 Å². The van der Waals surface area contributed by atoms with E-state index in [0.717, 1.165) is 88.8 Å². The van der Waals surface area contributed by atoms with Gasteiger partial charge in [0.05, 0.1) is 11.4 Å². The topological polar surface area (TPSA) is 32.8 Å². The molecule has 14 aromatic rings. The lowest BCUT2D eigenvalue weighted by Gasteiger charge is -2.28. The smallest absolute Gasteiger partial charge is 0.137 e. The first kappa shape index (κ1) is 44.3. The molecule has 4 heterocycles. The third-order valence-corrected chi connectivity index (χ3v) is 17.5. The van der Waals surface area contributed by atoms with Gasteiger partial charge >= 0.3 is 0 Å². The van der Waals surface area contributed by atoms with Gasteiger partial charge in [0, 0.05) is 97.5 Å². The summed E-state index contributed by atoms with van der Waals surface area (Å²) >= 11 is 3.79. The molecule has 6 heteroatoms. The van der Waals surface area contributed by atoms with Gasteiger partial charge < -0.3 is 18.6 Å². The molecule has 356 valence electrons. The molecule has 74 heavy (non-hydrogen) atoms. The summed E-state index contributed by atoms with van der Waals surface area (Å²) in [7, 11) is 0. The van der Waals surface area contributed by atoms with Gasteiger partial charge in [0.1, 0.15) is 22.3 Å². The number of fused-ring (bicyclic) bond motifs is 9. The molecule has 10 aromatic carbocycles. The molecule has 0 unspecified atom stereocenters. The molecule has 14 rings (SSSR count). The number of hydrogen-bond donors (Lipinski definition) is 0. The first-order valence-electron chi connectivity index (χ1n) is 25.5. The van der Waals surface area contributed by atoms with Crippen molar-refractivity contribution >= 4 is 132 Å². The monoisotopic (exact) mass is 990 g/mol. The Morgan fingerprint density at radius 1 is 0.324 bits per heavy atom. The van der Waals surface area contributed by atoms with Crippen LogP contribution in [0.4, 0.5) is 34.1 Å². The summed E-state index contributed by atoms with van der Waals surface area (Å²) in [6.45, 7) is 9.12. The van der Waals surface area contributed by atoms with Crippen molar-refractivity contribution in [2.75, 3.05) is 9.80 Å². The van der Waals surface area contributed by atoms with E-state index < -0.39 is 0 Å². The number of rotatable bonds is 10. The molecule has 0 amide bonds. The highest BCUT2D eigenvalue weighted by molar-refractivity contribution is 7.19. The van der Waals surface area contributed by atoms with Gasteiger partial charge in [-0.2, -0.15) is 0 Å². The molecule has 0 radical (unpaired) electrons. The van der Waals surface area contributed by atoms with Gasteiger partial charge in [-0.25, -0.2) is 0 Å². The van der Waals surface area contributed by atoms with E-state index in [2.05, 4.69) is 256 Å². The highest BCUT2D eigenvalue weighted by atomic mass is 32.1. The summed E-state index contributed by atoms with van der Waals surface area (Å²) in [6, 6.07) is 79.3. The lowest BCUT2D eigenvalue weighted by molar-refractivity contribution is 0.668. The molecule has 0 N–H and O–H groups in total. The zero-order chi connectivity index (χ0) is 49.6. The Balaban J connectivity index is 0.883. The summed E-state index contributed by atoms with van der Waals surface area (Å²) in [6.07, 6.45) is 0. The minimum Gasteiger partial charge on any atom is -0.456 e. The summed E-state index contributed by atoms with van der Waals surface area (Å²) < 4.78 is 16.3. The maximum atomic E-state index is 6.87. The number of benzene rings is 10. The quantitative estimate of drug-likeness (QED) is 0.137. The number of furan rings is 2. The van der Waals surface area contributed by atoms with Gasteiger partial charge in [-0.1, -0.05) is 125 Å². The van der Waals surface area contributed by atoms with Crippen molar-refractivity contribution in [3.63, 3.8) is 0 Å². The van der Waals surface area contributed by atoms with E-state index in [1.165, 1.54) is 52.2 Å². The molecular formula is C68H50N2O2S2. The average molecular weight is 991 g/mol. The van der Waals surface area contributed by atoms with Gasteiger partial charge in [0.15, 0.2) is 0 Å². The van der Waals surface area contributed by atoms with E-state index in [9.17, 15) is 0 Å². The molecule has 0 saturated heterocycles. The summed E-state index contributed by atoms with van der Waals surface area (Å²) in [5.74, 6) is 0.885. The van der Waals surface area contributed by atoms with E-state index in [-0.39, 0.29) is 0 Å². The fourth-order valence-electron chi connectivity index (χ4n) is 11.1. The van der Waals surface area contributed by atoms with Gasteiger partial charge in [-0.3, -0.25) is 0 Å². The predicted molar refractivity (Wildman–Crippen MR) is 318 cm³/mol. The van der Waals surface area contributed by atoms with E-state index in [1.807, 2.05) is 22.7 Å². The first-order chi connectivity index (χ1) is 36.3. The van der Waals surface area contributed by atoms with Crippen LogP contribution in [0.15, 0.2) is 227 Å². The van der Waals surface area contributed by atoms with Crippen LogP contribution >= 0.6 is 22.7 Å². The minimum absolute atomic E-state index is 0.442. The zero-order valence-electron chi connectivity index (χ0n) is 41.5. The van der Waals surface area contributed by atoms with E-state index in [0.29, 0.717) is 11.8 Å². The standard InChI is InChI=1S/C68H50N2O2S2/c1-41(2)65-39-55-63(73-65)31-29-57(67(55)43-17-9-5-10-18-43)69(47-21-13-7-14-22-47)49-25-27-51-53-33-45-36-60-54(34-46(45)35-59(53)71-61(51)37-49)52-28-26-50(38-62(52)72-60)70(48-23-15-8-16-24-48)58-30-32-64-56(40-66(74-64)42(3)4)68(58)44-19-11-6-12-20-44/h5-42H,1-4H3. The average Bonchev–Trinajstić information content (AvgIpc) is 4.24. The molecule has 0 aliphatic rings. The Morgan fingerprint density at radius 3 is 1.09 bits per heavy atom. The Hall–Kier alpha value is -8.42. The lowest BCUT2D eigenvalue weighted by Crippen LogP contribution is -2.11. The molecule has 0 atom stereocenters. The van der Waals surface area contributed by atoms with Crippen LogP contribution in [0.5, 0.6) is 0 Å². The summed E-state index contributed by atoms with van der Waals surface area (Å²) in [5.41, 5.74) is 14.7. The minimum atomic E-state index is 0.442. The number of hydrogen-bond acceptors (Lipinski definition) is 6. The number of anilines is 6. The third-order valence-electron chi connectivity index (χ3n) is 14.7. The van der Waals surface area contributed by atoms with Gasteiger partial charge in [0.2, 0.25) is 0 Å². The molecular weight excluding hydrogens is 941 g/mol. The maximum Gasteiger partial charge on any atom is 0.137 e. The SMILES string of the molecule is CC(C)c1cc2c(-c3ccccc3)c(N(c3ccccc3)c3ccc4c(c3)oc3cc5cc6c(cc5cc34)oc3cc(N(c4ccccc4)c4ccc5sc(C(C)C)cc5c4-c4ccccc4)ccc36)ccc2s1. The number of nitrogens with zero attached hydrogens (tertiary/aromatic N) is 2. The van der Waals surface area contributed by atoms with Crippen molar-refractivity contribution in [1.29, 1.82) is 0 Å². The normalized spacial score (nSPS) is 12.0. The molecule has 0 aliphatic heterocycles. The maximum absolute atomic E-state index is 6.87. The summed E-state index contributed by atoms with van der Waals surface area (Å²) in [4.78, 5) is 7.54. The molecule has 0 bridgehead atoms. The Morgan fingerprint density at radius 2 is 0.703 bits per heavy atom. The number of thiophene rings is 2. The Bertz CT molecular complexity index is 4150. The van der Waals surface area contributed by atoms with Crippen LogP contribution < -0.4 is 9.80 Å². The lowest BCUT2D eigenvalue weighted by atomic mass is 9.97. The second kappa shape index (κ2) is 17.7. The van der Waals surface area contributed by atoms with E-state index >= 15 is 0 Å². The molecule has 4 nitrogen and oxygen atoms in total. The largest absolute Gasteiger partial charge is 0.456 e. The van der Waals surface area contributed by atoms with Crippen molar-refractivity contribution < 1.29 is 8.83 Å². The molecule has 0 fully saturated rings. The van der Waals surface area contributed by atoms with Crippen molar-refractivity contribution in [1.82, 2.24) is 0 Å². The molecule has 0 aliphatic carbocycles. The van der Waals surface area contributed by atoms with E-state index in [4.69, 9.17) is 8.83 Å². The molecule has 0 spiro atoms. The summed E-state index contributed by atoms with van der Waals surface area (Å²) in [5, 5.41) is 9.04.